The van der Waals surface area contributed by atoms with Gasteiger partial charge in [-0.3, -0.25) is 0 Å². The zero-order valence-electron chi connectivity index (χ0n) is 30.4. The van der Waals surface area contributed by atoms with Crippen LogP contribution in [0.1, 0.15) is 0 Å². The van der Waals surface area contributed by atoms with Gasteiger partial charge in [-0.2, -0.15) is 0 Å². The van der Waals surface area contributed by atoms with E-state index in [1.165, 1.54) is 42.1 Å². The third kappa shape index (κ3) is 5.12. The lowest BCUT2D eigenvalue weighted by Gasteiger charge is -2.10. The normalized spacial score (nSPS) is 11.9. The average molecular weight is 747 g/mol. The van der Waals surface area contributed by atoms with Crippen molar-refractivity contribution in [3.05, 3.63) is 182 Å². The van der Waals surface area contributed by atoms with Gasteiger partial charge in [-0.1, -0.05) is 121 Å². The van der Waals surface area contributed by atoms with Gasteiger partial charge in [-0.25, -0.2) is 15.0 Å². The van der Waals surface area contributed by atoms with Crippen LogP contribution in [0.25, 0.3) is 115 Å². The van der Waals surface area contributed by atoms with Crippen LogP contribution in [0.3, 0.4) is 0 Å². The van der Waals surface area contributed by atoms with Crippen LogP contribution in [0.2, 0.25) is 0 Å². The molecule has 0 radical (unpaired) electrons. The smallest absolute Gasteiger partial charge is 0.164 e. The fourth-order valence-electron chi connectivity index (χ4n) is 8.37. The highest BCUT2D eigenvalue weighted by Crippen LogP contribution is 2.42. The number of thiophene rings is 1. The molecule has 0 bridgehead atoms. The second-order valence-corrected chi connectivity index (χ2v) is 15.5. The molecule has 0 atom stereocenters. The molecule has 0 aliphatic heterocycles. The van der Waals surface area contributed by atoms with Crippen LogP contribution < -0.4 is 0 Å². The highest BCUT2D eigenvalue weighted by molar-refractivity contribution is 7.25. The van der Waals surface area contributed by atoms with Crippen molar-refractivity contribution in [3.63, 3.8) is 0 Å². The Bertz CT molecular complexity index is 3510. The van der Waals surface area contributed by atoms with Gasteiger partial charge in [-0.15, -0.1) is 11.3 Å². The first-order valence-electron chi connectivity index (χ1n) is 19.0. The van der Waals surface area contributed by atoms with Crippen LogP contribution in [-0.4, -0.2) is 19.5 Å². The van der Waals surface area contributed by atoms with Crippen molar-refractivity contribution >= 4 is 75.3 Å². The van der Waals surface area contributed by atoms with E-state index in [1.54, 1.807) is 11.3 Å². The summed E-state index contributed by atoms with van der Waals surface area (Å²) in [6.07, 6.45) is 0. The van der Waals surface area contributed by atoms with Crippen molar-refractivity contribution in [2.75, 3.05) is 0 Å². The maximum absolute atomic E-state index is 6.60. The van der Waals surface area contributed by atoms with Gasteiger partial charge in [0.1, 0.15) is 11.2 Å². The summed E-state index contributed by atoms with van der Waals surface area (Å²) in [4.78, 5) is 15.3. The van der Waals surface area contributed by atoms with Crippen LogP contribution in [0.4, 0.5) is 0 Å². The quantitative estimate of drug-likeness (QED) is 0.176. The molecule has 0 saturated carbocycles. The first-order valence-corrected chi connectivity index (χ1v) is 19.8. The Balaban J connectivity index is 1.07. The Morgan fingerprint density at radius 3 is 1.74 bits per heavy atom. The van der Waals surface area contributed by atoms with Gasteiger partial charge in [-0.05, 0) is 71.8 Å². The van der Waals surface area contributed by atoms with Crippen molar-refractivity contribution in [1.29, 1.82) is 0 Å². The molecule has 8 aromatic carbocycles. The molecule has 0 aliphatic rings. The van der Waals surface area contributed by atoms with Gasteiger partial charge in [0.2, 0.25) is 0 Å². The lowest BCUT2D eigenvalue weighted by Crippen LogP contribution is -2.00. The molecule has 12 rings (SSSR count). The molecule has 0 spiro atoms. The summed E-state index contributed by atoms with van der Waals surface area (Å²) in [5, 5.41) is 6.93. The molecular weight excluding hydrogens is 717 g/mol. The van der Waals surface area contributed by atoms with Crippen molar-refractivity contribution in [2.24, 2.45) is 0 Å². The minimum atomic E-state index is 0.607. The van der Waals surface area contributed by atoms with Crippen LogP contribution in [0.5, 0.6) is 0 Å². The molecular formula is C51H30N4OS. The number of furan rings is 1. The van der Waals surface area contributed by atoms with E-state index in [1.807, 2.05) is 36.4 Å². The van der Waals surface area contributed by atoms with Gasteiger partial charge in [0.15, 0.2) is 17.5 Å². The zero-order valence-corrected chi connectivity index (χ0v) is 31.2. The zero-order chi connectivity index (χ0) is 37.5. The molecule has 5 nitrogen and oxygen atoms in total. The van der Waals surface area contributed by atoms with Gasteiger partial charge in [0, 0.05) is 58.7 Å². The van der Waals surface area contributed by atoms with Gasteiger partial charge in [0.05, 0.1) is 16.4 Å². The molecule has 0 saturated heterocycles. The van der Waals surface area contributed by atoms with Crippen LogP contribution >= 0.6 is 11.3 Å². The first-order chi connectivity index (χ1) is 28.2. The van der Waals surface area contributed by atoms with Gasteiger partial charge in [0.25, 0.3) is 0 Å². The van der Waals surface area contributed by atoms with Crippen LogP contribution in [0.15, 0.2) is 186 Å². The standard InChI is InChI=1S/C51H30N4OS/c1-3-11-31(12-4-1)32-19-23-36(24-20-32)55-42-17-9-7-15-37(42)40-26-28-44-47(48(40)55)41-29-34(22-27-43(41)56-44)50-52-49(33-13-5-2-6-14-33)53-51(54-50)35-21-25-39-38-16-8-10-18-45(38)57-46(39)30-35/h1-30H. The number of rotatable bonds is 5. The van der Waals surface area contributed by atoms with E-state index in [2.05, 4.69) is 150 Å². The monoisotopic (exact) mass is 746 g/mol. The summed E-state index contributed by atoms with van der Waals surface area (Å²) in [6.45, 7) is 0. The largest absolute Gasteiger partial charge is 0.456 e. The fraction of sp³-hybridized carbons (Fsp3) is 0. The van der Waals surface area contributed by atoms with E-state index in [9.17, 15) is 0 Å². The minimum Gasteiger partial charge on any atom is -0.456 e. The molecule has 0 amide bonds. The number of hydrogen-bond donors (Lipinski definition) is 0. The number of fused-ring (bicyclic) bond motifs is 10. The summed E-state index contributed by atoms with van der Waals surface area (Å²) >= 11 is 1.79. The molecule has 4 heterocycles. The Labute approximate surface area is 330 Å². The van der Waals surface area contributed by atoms with Gasteiger partial charge >= 0.3 is 0 Å². The molecule has 266 valence electrons. The Hall–Kier alpha value is -7.41. The number of benzene rings is 8. The summed E-state index contributed by atoms with van der Waals surface area (Å²) in [6, 6.07) is 63.8. The third-order valence-electron chi connectivity index (χ3n) is 11.1. The molecule has 0 aliphatic carbocycles. The molecule has 12 aromatic rings. The van der Waals surface area contributed by atoms with Crippen molar-refractivity contribution in [1.82, 2.24) is 19.5 Å². The number of nitrogens with zero attached hydrogens (tertiary/aromatic N) is 4. The van der Waals surface area contributed by atoms with Crippen LogP contribution in [0, 0.1) is 0 Å². The molecule has 57 heavy (non-hydrogen) atoms. The average Bonchev–Trinajstić information content (AvgIpc) is 3.96. The predicted octanol–water partition coefficient (Wildman–Crippen LogP) is 13.9. The maximum Gasteiger partial charge on any atom is 0.164 e. The van der Waals surface area contributed by atoms with E-state index in [-0.39, 0.29) is 0 Å². The molecule has 6 heteroatoms. The topological polar surface area (TPSA) is 56.7 Å². The fourth-order valence-corrected chi connectivity index (χ4v) is 9.52. The lowest BCUT2D eigenvalue weighted by molar-refractivity contribution is 0.669. The van der Waals surface area contributed by atoms with Crippen molar-refractivity contribution < 1.29 is 4.42 Å². The van der Waals surface area contributed by atoms with E-state index >= 15 is 0 Å². The third-order valence-corrected chi connectivity index (χ3v) is 12.2. The second kappa shape index (κ2) is 12.6. The summed E-state index contributed by atoms with van der Waals surface area (Å²) in [7, 11) is 0. The van der Waals surface area contributed by atoms with E-state index in [4.69, 9.17) is 19.4 Å². The predicted molar refractivity (Wildman–Crippen MR) is 236 cm³/mol. The molecule has 0 fully saturated rings. The Kier molecular flexibility index (Phi) is 7.03. The van der Waals surface area contributed by atoms with Gasteiger partial charge < -0.3 is 8.98 Å². The van der Waals surface area contributed by atoms with E-state index < -0.39 is 0 Å². The highest BCUT2D eigenvalue weighted by Gasteiger charge is 2.21. The molecule has 0 N–H and O–H groups in total. The minimum absolute atomic E-state index is 0.607. The SMILES string of the molecule is c1ccc(-c2ccc(-n3c4ccccc4c4ccc5oc6ccc(-c7nc(-c8ccccc8)nc(-c8ccc9c(c8)sc8ccccc89)n7)cc6c5c43)cc2)cc1. The Morgan fingerprint density at radius 2 is 0.947 bits per heavy atom. The van der Waals surface area contributed by atoms with Crippen molar-refractivity contribution in [3.8, 4) is 51.0 Å². The maximum atomic E-state index is 6.60. The number of hydrogen-bond acceptors (Lipinski definition) is 5. The highest BCUT2D eigenvalue weighted by atomic mass is 32.1. The van der Waals surface area contributed by atoms with Crippen LogP contribution in [-0.2, 0) is 0 Å². The lowest BCUT2D eigenvalue weighted by atomic mass is 10.0. The second-order valence-electron chi connectivity index (χ2n) is 14.4. The molecule has 4 aromatic heterocycles. The number of para-hydroxylation sites is 1. The summed E-state index contributed by atoms with van der Waals surface area (Å²) in [5.41, 5.74) is 10.1. The first kappa shape index (κ1) is 31.9. The van der Waals surface area contributed by atoms with E-state index in [0.717, 1.165) is 55.3 Å². The number of aromatic nitrogens is 4. The summed E-state index contributed by atoms with van der Waals surface area (Å²) in [5.74, 6) is 1.87. The Morgan fingerprint density at radius 1 is 0.386 bits per heavy atom. The molecule has 0 unspecified atom stereocenters. The van der Waals surface area contributed by atoms with Crippen molar-refractivity contribution in [2.45, 2.75) is 0 Å². The van der Waals surface area contributed by atoms with E-state index in [0.29, 0.717) is 17.5 Å². The summed E-state index contributed by atoms with van der Waals surface area (Å²) < 4.78 is 11.5.